The Labute approximate surface area is 133 Å². The molecule has 2 rings (SSSR count). The molecule has 0 saturated heterocycles. The molecule has 0 aliphatic carbocycles. The zero-order valence-electron chi connectivity index (χ0n) is 11.4. The Morgan fingerprint density at radius 2 is 1.90 bits per heavy atom. The minimum absolute atomic E-state index is 0.660. The molecule has 2 nitrogen and oxygen atoms in total. The molecule has 0 amide bonds. The maximum atomic E-state index is 6.20. The fourth-order valence-electron chi connectivity index (χ4n) is 2.11. The standard InChI is InChI=1S/C16H18BrClN2/c1-20(11-13-4-2-3-5-16(13)18)14-7-6-12(8-9-19)15(17)10-14/h2-7,10H,8-9,11,19H2,1H3. The number of hydrogen-bond acceptors (Lipinski definition) is 2. The molecule has 0 aliphatic rings. The minimum Gasteiger partial charge on any atom is -0.370 e. The van der Waals surface area contributed by atoms with E-state index in [9.17, 15) is 0 Å². The molecule has 0 aliphatic heterocycles. The summed E-state index contributed by atoms with van der Waals surface area (Å²) in [7, 11) is 2.06. The largest absolute Gasteiger partial charge is 0.370 e. The number of anilines is 1. The summed E-state index contributed by atoms with van der Waals surface area (Å²) in [6.07, 6.45) is 0.884. The summed E-state index contributed by atoms with van der Waals surface area (Å²) >= 11 is 9.81. The van der Waals surface area contributed by atoms with Crippen molar-refractivity contribution in [1.29, 1.82) is 0 Å². The lowest BCUT2D eigenvalue weighted by atomic mass is 10.1. The van der Waals surface area contributed by atoms with Crippen LogP contribution in [0.25, 0.3) is 0 Å². The molecule has 0 unspecified atom stereocenters. The fraction of sp³-hybridized carbons (Fsp3) is 0.250. The van der Waals surface area contributed by atoms with Crippen LogP contribution in [0, 0.1) is 0 Å². The molecule has 0 spiro atoms. The number of rotatable bonds is 5. The van der Waals surface area contributed by atoms with E-state index in [1.54, 1.807) is 0 Å². The van der Waals surface area contributed by atoms with Gasteiger partial charge in [-0.2, -0.15) is 0 Å². The number of halogens is 2. The van der Waals surface area contributed by atoms with Crippen LogP contribution in [-0.2, 0) is 13.0 Å². The first-order chi connectivity index (χ1) is 9.61. The predicted molar refractivity (Wildman–Crippen MR) is 90.5 cm³/mol. The zero-order valence-corrected chi connectivity index (χ0v) is 13.8. The van der Waals surface area contributed by atoms with Gasteiger partial charge in [0.05, 0.1) is 0 Å². The lowest BCUT2D eigenvalue weighted by Crippen LogP contribution is -2.16. The smallest absolute Gasteiger partial charge is 0.0455 e. The van der Waals surface area contributed by atoms with Crippen molar-refractivity contribution in [3.8, 4) is 0 Å². The molecule has 0 saturated carbocycles. The Morgan fingerprint density at radius 3 is 2.55 bits per heavy atom. The van der Waals surface area contributed by atoms with Gasteiger partial charge in [-0.25, -0.2) is 0 Å². The summed E-state index contributed by atoms with van der Waals surface area (Å²) in [4.78, 5) is 2.18. The maximum absolute atomic E-state index is 6.20. The Bertz CT molecular complexity index is 586. The molecule has 2 aromatic carbocycles. The topological polar surface area (TPSA) is 29.3 Å². The summed E-state index contributed by atoms with van der Waals surface area (Å²) in [5.74, 6) is 0. The van der Waals surface area contributed by atoms with Gasteiger partial charge < -0.3 is 10.6 Å². The Balaban J connectivity index is 2.15. The van der Waals surface area contributed by atoms with Gasteiger partial charge >= 0.3 is 0 Å². The van der Waals surface area contributed by atoms with Crippen LogP contribution < -0.4 is 10.6 Å². The molecule has 106 valence electrons. The van der Waals surface area contributed by atoms with Crippen LogP contribution in [0.3, 0.4) is 0 Å². The van der Waals surface area contributed by atoms with Crippen LogP contribution in [0.5, 0.6) is 0 Å². The third kappa shape index (κ3) is 3.75. The van der Waals surface area contributed by atoms with Gasteiger partial charge in [0, 0.05) is 28.8 Å². The molecule has 0 heterocycles. The highest BCUT2D eigenvalue weighted by Crippen LogP contribution is 2.26. The molecule has 0 bridgehead atoms. The van der Waals surface area contributed by atoms with E-state index in [2.05, 4.69) is 52.1 Å². The van der Waals surface area contributed by atoms with Crippen molar-refractivity contribution in [2.75, 3.05) is 18.5 Å². The molecule has 0 fully saturated rings. The van der Waals surface area contributed by atoms with E-state index in [1.165, 1.54) is 5.56 Å². The Morgan fingerprint density at radius 1 is 1.15 bits per heavy atom. The van der Waals surface area contributed by atoms with Crippen molar-refractivity contribution in [3.63, 3.8) is 0 Å². The third-order valence-electron chi connectivity index (χ3n) is 3.26. The van der Waals surface area contributed by atoms with E-state index >= 15 is 0 Å². The van der Waals surface area contributed by atoms with Crippen molar-refractivity contribution in [2.45, 2.75) is 13.0 Å². The Hall–Kier alpha value is -1.03. The summed E-state index contributed by atoms with van der Waals surface area (Å²) in [6, 6.07) is 14.3. The number of hydrogen-bond donors (Lipinski definition) is 1. The first kappa shape index (κ1) is 15.4. The molecular formula is C16H18BrClN2. The van der Waals surface area contributed by atoms with Crippen LogP contribution in [0.15, 0.2) is 46.9 Å². The van der Waals surface area contributed by atoms with Crippen LogP contribution in [0.2, 0.25) is 5.02 Å². The number of benzene rings is 2. The lowest BCUT2D eigenvalue weighted by Gasteiger charge is -2.21. The van der Waals surface area contributed by atoms with Crippen molar-refractivity contribution >= 4 is 33.2 Å². The van der Waals surface area contributed by atoms with Gasteiger partial charge in [-0.05, 0) is 42.3 Å². The van der Waals surface area contributed by atoms with E-state index in [0.717, 1.165) is 33.7 Å². The van der Waals surface area contributed by atoms with Gasteiger partial charge in [0.2, 0.25) is 0 Å². The second-order valence-electron chi connectivity index (χ2n) is 4.76. The number of nitrogens with two attached hydrogens (primary N) is 1. The van der Waals surface area contributed by atoms with Crippen LogP contribution in [-0.4, -0.2) is 13.6 Å². The molecule has 0 radical (unpaired) electrons. The highest BCUT2D eigenvalue weighted by molar-refractivity contribution is 9.10. The SMILES string of the molecule is CN(Cc1ccccc1Cl)c1ccc(CCN)c(Br)c1. The molecule has 0 atom stereocenters. The first-order valence-corrected chi connectivity index (χ1v) is 7.72. The lowest BCUT2D eigenvalue weighted by molar-refractivity contribution is 0.917. The van der Waals surface area contributed by atoms with Crippen LogP contribution in [0.4, 0.5) is 5.69 Å². The van der Waals surface area contributed by atoms with E-state index in [1.807, 2.05) is 18.2 Å². The molecule has 2 aromatic rings. The van der Waals surface area contributed by atoms with Crippen LogP contribution in [0.1, 0.15) is 11.1 Å². The van der Waals surface area contributed by atoms with E-state index in [-0.39, 0.29) is 0 Å². The maximum Gasteiger partial charge on any atom is 0.0455 e. The molecule has 20 heavy (non-hydrogen) atoms. The zero-order chi connectivity index (χ0) is 14.5. The highest BCUT2D eigenvalue weighted by Gasteiger charge is 2.07. The molecular weight excluding hydrogens is 336 g/mol. The predicted octanol–water partition coefficient (Wildman–Crippen LogP) is 4.24. The summed E-state index contributed by atoms with van der Waals surface area (Å²) in [5, 5.41) is 0.804. The van der Waals surface area contributed by atoms with Gasteiger partial charge in [-0.1, -0.05) is 51.8 Å². The molecule has 0 aromatic heterocycles. The summed E-state index contributed by atoms with van der Waals surface area (Å²) < 4.78 is 1.10. The Kier molecular flexibility index (Phi) is 5.46. The van der Waals surface area contributed by atoms with Gasteiger partial charge in [0.15, 0.2) is 0 Å². The summed E-state index contributed by atoms with van der Waals surface area (Å²) in [6.45, 7) is 1.44. The average molecular weight is 354 g/mol. The van der Waals surface area contributed by atoms with Gasteiger partial charge in [-0.15, -0.1) is 0 Å². The van der Waals surface area contributed by atoms with Gasteiger partial charge in [0.1, 0.15) is 0 Å². The quantitative estimate of drug-likeness (QED) is 0.871. The monoisotopic (exact) mass is 352 g/mol. The second-order valence-corrected chi connectivity index (χ2v) is 6.02. The molecule has 4 heteroatoms. The van der Waals surface area contributed by atoms with Crippen LogP contribution >= 0.6 is 27.5 Å². The minimum atomic E-state index is 0.660. The highest BCUT2D eigenvalue weighted by atomic mass is 79.9. The first-order valence-electron chi connectivity index (χ1n) is 6.55. The summed E-state index contributed by atoms with van der Waals surface area (Å²) in [5.41, 5.74) is 9.11. The van der Waals surface area contributed by atoms with Crippen molar-refractivity contribution in [2.24, 2.45) is 5.73 Å². The average Bonchev–Trinajstić information content (AvgIpc) is 2.43. The molecule has 2 N–H and O–H groups in total. The van der Waals surface area contributed by atoms with Gasteiger partial charge in [0.25, 0.3) is 0 Å². The number of nitrogens with zero attached hydrogens (tertiary/aromatic N) is 1. The van der Waals surface area contributed by atoms with Crippen molar-refractivity contribution in [3.05, 3.63) is 63.1 Å². The van der Waals surface area contributed by atoms with E-state index in [0.29, 0.717) is 6.54 Å². The van der Waals surface area contributed by atoms with E-state index in [4.69, 9.17) is 17.3 Å². The normalized spacial score (nSPS) is 10.6. The van der Waals surface area contributed by atoms with Crippen molar-refractivity contribution < 1.29 is 0 Å². The van der Waals surface area contributed by atoms with E-state index < -0.39 is 0 Å². The van der Waals surface area contributed by atoms with Gasteiger partial charge in [-0.3, -0.25) is 0 Å². The third-order valence-corrected chi connectivity index (χ3v) is 4.36. The van der Waals surface area contributed by atoms with Crippen molar-refractivity contribution in [1.82, 2.24) is 0 Å². The second kappa shape index (κ2) is 7.11. The fourth-order valence-corrected chi connectivity index (χ4v) is 2.87.